The summed E-state index contributed by atoms with van der Waals surface area (Å²) in [5.41, 5.74) is 1.45. The number of hydrogen-bond acceptors (Lipinski definition) is 5. The summed E-state index contributed by atoms with van der Waals surface area (Å²) < 4.78 is 20.3. The summed E-state index contributed by atoms with van der Waals surface area (Å²) in [7, 11) is 0. The summed E-state index contributed by atoms with van der Waals surface area (Å²) in [4.78, 5) is 10.2. The van der Waals surface area contributed by atoms with Crippen LogP contribution in [0.4, 0.5) is 10.9 Å². The van der Waals surface area contributed by atoms with Gasteiger partial charge < -0.3 is 9.87 Å². The minimum Gasteiger partial charge on any atom is -0.316 e. The Morgan fingerprint density at radius 2 is 2.18 bits per heavy atom. The van der Waals surface area contributed by atoms with E-state index in [1.165, 1.54) is 17.0 Å². The molecule has 0 aliphatic heterocycles. The summed E-state index contributed by atoms with van der Waals surface area (Å²) >= 11 is 5.40. The molecule has 2 aromatic heterocycles. The van der Waals surface area contributed by atoms with Gasteiger partial charge in [0.05, 0.1) is 10.6 Å². The molecule has 1 atom stereocenters. The molecule has 2 aromatic rings. The third kappa shape index (κ3) is 3.48. The Bertz CT molecular complexity index is 746. The molecule has 0 saturated carbocycles. The fraction of sp³-hybridized carbons (Fsp3) is 0.429. The first-order valence-electron chi connectivity index (χ1n) is 6.86. The number of aryl methyl sites for hydroxylation is 1. The highest BCUT2D eigenvalue weighted by Crippen LogP contribution is 2.39. The molecule has 0 spiro atoms. The molecule has 2 heterocycles. The number of rotatable bonds is 3. The van der Waals surface area contributed by atoms with E-state index in [-0.39, 0.29) is 10.0 Å². The maximum Gasteiger partial charge on any atom is 0.188 e. The quantitative estimate of drug-likeness (QED) is 0.640. The lowest BCUT2D eigenvalue weighted by Gasteiger charge is -2.28. The smallest absolute Gasteiger partial charge is 0.188 e. The molecule has 0 aromatic carbocycles. The van der Waals surface area contributed by atoms with Crippen molar-refractivity contribution in [2.45, 2.75) is 38.0 Å². The maximum absolute atomic E-state index is 11.2. The summed E-state index contributed by atoms with van der Waals surface area (Å²) in [5.74, 6) is 0.426. The Labute approximate surface area is 140 Å². The first-order valence-corrected chi connectivity index (χ1v) is 9.17. The van der Waals surface area contributed by atoms with E-state index in [1.54, 1.807) is 11.3 Å². The number of fused-ring (bicyclic) bond motifs is 1. The fourth-order valence-electron chi connectivity index (χ4n) is 2.50. The van der Waals surface area contributed by atoms with E-state index in [0.29, 0.717) is 11.2 Å². The van der Waals surface area contributed by atoms with Crippen molar-refractivity contribution in [3.63, 3.8) is 0 Å². The van der Waals surface area contributed by atoms with Crippen LogP contribution in [0.25, 0.3) is 0 Å². The molecule has 118 valence electrons. The van der Waals surface area contributed by atoms with Crippen molar-refractivity contribution >= 4 is 45.0 Å². The van der Waals surface area contributed by atoms with Gasteiger partial charge in [-0.05, 0) is 36.8 Å². The highest BCUT2D eigenvalue weighted by Gasteiger charge is 2.28. The lowest BCUT2D eigenvalue weighted by Crippen LogP contribution is -2.20. The Morgan fingerprint density at radius 3 is 2.91 bits per heavy atom. The van der Waals surface area contributed by atoms with Gasteiger partial charge in [0.25, 0.3) is 0 Å². The average molecular weight is 358 g/mol. The minimum atomic E-state index is -2.09. The van der Waals surface area contributed by atoms with Crippen molar-refractivity contribution in [2.75, 3.05) is 5.32 Å². The van der Waals surface area contributed by atoms with Crippen molar-refractivity contribution in [3.8, 4) is 0 Å². The number of thiazole rings is 1. The van der Waals surface area contributed by atoms with E-state index in [0.717, 1.165) is 30.1 Å². The van der Waals surface area contributed by atoms with E-state index in [4.69, 9.17) is 11.6 Å². The molecular formula is C14H16ClN3O2S2. The molecule has 0 radical (unpaired) electrons. The molecule has 0 fully saturated rings. The topological polar surface area (TPSA) is 75.1 Å². The molecule has 0 bridgehead atoms. The third-order valence-electron chi connectivity index (χ3n) is 3.66. The van der Waals surface area contributed by atoms with Gasteiger partial charge in [-0.3, -0.25) is 0 Å². The first kappa shape index (κ1) is 15.9. The second kappa shape index (κ2) is 5.88. The van der Waals surface area contributed by atoms with Gasteiger partial charge in [-0.2, -0.15) is 0 Å². The van der Waals surface area contributed by atoms with Gasteiger partial charge in [0.1, 0.15) is 11.0 Å². The average Bonchev–Trinajstić information content (AvgIpc) is 2.77. The molecule has 8 heteroatoms. The molecule has 3 rings (SSSR count). The summed E-state index contributed by atoms with van der Waals surface area (Å²) in [5, 5.41) is 4.00. The van der Waals surface area contributed by atoms with Crippen LogP contribution in [0.2, 0.25) is 5.15 Å². The standard InChI is InChI=1S/C14H16ClN3O2S2/c1-14(2)4-3-9-10(7-14)21-13(16-9)18-12-6-8(22(19)20)5-11(15)17-12/h5-6H,3-4,7H2,1-2H3,(H,19,20)(H,16,17,18). The molecule has 5 nitrogen and oxygen atoms in total. The molecule has 1 unspecified atom stereocenters. The second-order valence-corrected chi connectivity index (χ2v) is 8.56. The number of pyridine rings is 1. The van der Waals surface area contributed by atoms with Crippen LogP contribution in [0.3, 0.4) is 0 Å². The van der Waals surface area contributed by atoms with Crippen LogP contribution in [0, 0.1) is 5.41 Å². The first-order chi connectivity index (χ1) is 10.3. The van der Waals surface area contributed by atoms with Crippen molar-refractivity contribution in [3.05, 3.63) is 27.9 Å². The highest BCUT2D eigenvalue weighted by atomic mass is 35.5. The zero-order valence-electron chi connectivity index (χ0n) is 12.2. The van der Waals surface area contributed by atoms with Crippen LogP contribution >= 0.6 is 22.9 Å². The van der Waals surface area contributed by atoms with Crippen molar-refractivity contribution in [1.82, 2.24) is 9.97 Å². The lowest BCUT2D eigenvalue weighted by atomic mass is 9.79. The van der Waals surface area contributed by atoms with Gasteiger partial charge in [-0.1, -0.05) is 25.4 Å². The zero-order chi connectivity index (χ0) is 15.9. The predicted molar refractivity (Wildman–Crippen MR) is 89.5 cm³/mol. The van der Waals surface area contributed by atoms with E-state index in [1.807, 2.05) is 0 Å². The Hall–Kier alpha value is -1.02. The van der Waals surface area contributed by atoms with Crippen LogP contribution in [0.5, 0.6) is 0 Å². The van der Waals surface area contributed by atoms with Crippen molar-refractivity contribution in [1.29, 1.82) is 0 Å². The van der Waals surface area contributed by atoms with Crippen molar-refractivity contribution < 1.29 is 8.76 Å². The molecule has 0 amide bonds. The van der Waals surface area contributed by atoms with Gasteiger partial charge in [0.15, 0.2) is 16.2 Å². The predicted octanol–water partition coefficient (Wildman–Crippen LogP) is 4.03. The number of anilines is 2. The van der Waals surface area contributed by atoms with Gasteiger partial charge >= 0.3 is 0 Å². The second-order valence-electron chi connectivity index (χ2n) is 6.11. The molecular weight excluding hydrogens is 342 g/mol. The molecule has 2 N–H and O–H groups in total. The SMILES string of the molecule is CC1(C)CCc2nc(Nc3cc(S(=O)O)cc(Cl)n3)sc2C1. The van der Waals surface area contributed by atoms with E-state index in [9.17, 15) is 8.76 Å². The Morgan fingerprint density at radius 1 is 1.41 bits per heavy atom. The Kier molecular flexibility index (Phi) is 4.24. The van der Waals surface area contributed by atoms with Crippen LogP contribution in [-0.2, 0) is 23.9 Å². The summed E-state index contributed by atoms with van der Waals surface area (Å²) in [6.45, 7) is 4.54. The molecule has 22 heavy (non-hydrogen) atoms. The van der Waals surface area contributed by atoms with E-state index in [2.05, 4.69) is 29.1 Å². The number of hydrogen-bond donors (Lipinski definition) is 2. The zero-order valence-corrected chi connectivity index (χ0v) is 14.6. The monoisotopic (exact) mass is 357 g/mol. The largest absolute Gasteiger partial charge is 0.316 e. The van der Waals surface area contributed by atoms with E-state index < -0.39 is 11.1 Å². The minimum absolute atomic E-state index is 0.171. The molecule has 0 saturated heterocycles. The van der Waals surface area contributed by atoms with Crippen LogP contribution in [-0.4, -0.2) is 18.7 Å². The normalized spacial score (nSPS) is 17.8. The van der Waals surface area contributed by atoms with E-state index >= 15 is 0 Å². The summed E-state index contributed by atoms with van der Waals surface area (Å²) in [6, 6.07) is 2.88. The van der Waals surface area contributed by atoms with Crippen molar-refractivity contribution in [2.24, 2.45) is 5.41 Å². The molecule has 1 aliphatic carbocycles. The number of nitrogens with one attached hydrogen (secondary N) is 1. The number of aromatic nitrogens is 2. The van der Waals surface area contributed by atoms with Gasteiger partial charge in [-0.25, -0.2) is 14.2 Å². The lowest BCUT2D eigenvalue weighted by molar-refractivity contribution is 0.316. The van der Waals surface area contributed by atoms with Gasteiger partial charge in [0, 0.05) is 4.88 Å². The van der Waals surface area contributed by atoms with Crippen LogP contribution < -0.4 is 5.32 Å². The Balaban J connectivity index is 1.86. The maximum atomic E-state index is 11.2. The highest BCUT2D eigenvalue weighted by molar-refractivity contribution is 7.79. The van der Waals surface area contributed by atoms with Crippen LogP contribution in [0.1, 0.15) is 30.8 Å². The van der Waals surface area contributed by atoms with Crippen LogP contribution in [0.15, 0.2) is 17.0 Å². The number of nitrogens with zero attached hydrogens (tertiary/aromatic N) is 2. The third-order valence-corrected chi connectivity index (χ3v) is 5.51. The number of halogens is 1. The molecule has 1 aliphatic rings. The van der Waals surface area contributed by atoms with Gasteiger partial charge in [-0.15, -0.1) is 11.3 Å². The summed E-state index contributed by atoms with van der Waals surface area (Å²) in [6.07, 6.45) is 3.14. The fourth-order valence-corrected chi connectivity index (χ4v) is 4.47. The van der Waals surface area contributed by atoms with Gasteiger partial charge in [0.2, 0.25) is 0 Å².